The van der Waals surface area contributed by atoms with E-state index in [2.05, 4.69) is 22.9 Å². The fraction of sp³-hybridized carbons (Fsp3) is 0.390. The topological polar surface area (TPSA) is 103 Å². The van der Waals surface area contributed by atoms with Gasteiger partial charge in [-0.2, -0.15) is 0 Å². The predicted octanol–water partition coefficient (Wildman–Crippen LogP) is 11.1. The van der Waals surface area contributed by atoms with Crippen molar-refractivity contribution < 1.29 is 19.4 Å². The van der Waals surface area contributed by atoms with Gasteiger partial charge in [-0.3, -0.25) is 9.59 Å². The Kier molecular flexibility index (Phi) is 16.4. The van der Waals surface area contributed by atoms with Crippen molar-refractivity contribution in [1.82, 2.24) is 5.32 Å². The molecule has 0 saturated carbocycles. The van der Waals surface area contributed by atoms with Crippen molar-refractivity contribution in [3.63, 3.8) is 0 Å². The second kappa shape index (κ2) is 21.2. The summed E-state index contributed by atoms with van der Waals surface area (Å²) in [7, 11) is 3.29. The standard InChI is InChI=1S/C41H52N4O4S2/c1-4-5-6-7-8-9-10-11-12-13-14-17-28-45(41(48)51-31-21-18-20-30(29-31)43-40(50)42-2)36-24-19-22-33-32(36)26-27-34(38(33)46)39(47)44-35-23-15-16-25-37(35)49-3/h15-16,18-27,29,46H,4-14,17,28H2,1-3H3,(H,44,47)(H2,42,43,50). The fourth-order valence-corrected chi connectivity index (χ4v) is 7.04. The Hall–Kier alpha value is -4.28. The molecule has 10 heteroatoms. The SMILES string of the molecule is CCCCCCCCCCCCCCN(C(=O)Sc1cccc(NC(=S)NC)c1)c1cccc2c(O)c(C(=O)Nc3ccccc3OC)ccc12. The van der Waals surface area contributed by atoms with E-state index >= 15 is 0 Å². The van der Waals surface area contributed by atoms with Crippen LogP contribution in [-0.4, -0.2) is 42.1 Å². The molecule has 8 nitrogen and oxygen atoms in total. The Morgan fingerprint density at radius 1 is 0.784 bits per heavy atom. The van der Waals surface area contributed by atoms with E-state index in [-0.39, 0.29) is 16.6 Å². The highest BCUT2D eigenvalue weighted by molar-refractivity contribution is 8.14. The Morgan fingerprint density at radius 3 is 2.14 bits per heavy atom. The number of phenolic OH excluding ortho intramolecular Hbond substituents is 1. The number of nitrogens with zero attached hydrogens (tertiary/aromatic N) is 1. The summed E-state index contributed by atoms with van der Waals surface area (Å²) >= 11 is 6.41. The van der Waals surface area contributed by atoms with Crippen molar-refractivity contribution in [2.24, 2.45) is 0 Å². The van der Waals surface area contributed by atoms with Crippen LogP contribution in [0.4, 0.5) is 21.9 Å². The van der Waals surface area contributed by atoms with Crippen LogP contribution in [0, 0.1) is 0 Å². The highest BCUT2D eigenvalue weighted by atomic mass is 32.2. The van der Waals surface area contributed by atoms with Crippen LogP contribution in [0.25, 0.3) is 10.8 Å². The highest BCUT2D eigenvalue weighted by Crippen LogP contribution is 2.38. The lowest BCUT2D eigenvalue weighted by Gasteiger charge is -2.24. The van der Waals surface area contributed by atoms with Gasteiger partial charge >= 0.3 is 0 Å². The number of carbonyl (C=O) groups excluding carboxylic acids is 2. The van der Waals surface area contributed by atoms with Crippen molar-refractivity contribution in [2.75, 3.05) is 36.2 Å². The van der Waals surface area contributed by atoms with Gasteiger partial charge in [0.25, 0.3) is 11.1 Å². The first kappa shape index (κ1) is 39.5. The van der Waals surface area contributed by atoms with Crippen molar-refractivity contribution in [2.45, 2.75) is 88.9 Å². The number of unbranched alkanes of at least 4 members (excludes halogenated alkanes) is 11. The zero-order chi connectivity index (χ0) is 36.4. The van der Waals surface area contributed by atoms with E-state index in [1.807, 2.05) is 42.5 Å². The number of amides is 2. The number of carbonyl (C=O) groups is 2. The first-order chi connectivity index (χ1) is 24.9. The molecule has 0 radical (unpaired) electrons. The van der Waals surface area contributed by atoms with E-state index in [0.717, 1.165) is 41.6 Å². The molecule has 0 bridgehead atoms. The predicted molar refractivity (Wildman–Crippen MR) is 218 cm³/mol. The second-order valence-electron chi connectivity index (χ2n) is 12.6. The summed E-state index contributed by atoms with van der Waals surface area (Å²) in [4.78, 5) is 30.0. The van der Waals surface area contributed by atoms with Crippen LogP contribution in [0.2, 0.25) is 0 Å². The van der Waals surface area contributed by atoms with Gasteiger partial charge in [-0.05, 0) is 72.9 Å². The molecule has 0 aliphatic rings. The van der Waals surface area contributed by atoms with E-state index in [1.165, 1.54) is 64.9 Å². The minimum Gasteiger partial charge on any atom is -0.506 e. The van der Waals surface area contributed by atoms with Crippen LogP contribution in [0.3, 0.4) is 0 Å². The van der Waals surface area contributed by atoms with E-state index in [4.69, 9.17) is 17.0 Å². The van der Waals surface area contributed by atoms with Crippen LogP contribution in [0.15, 0.2) is 83.8 Å². The van der Waals surface area contributed by atoms with Crippen LogP contribution >= 0.6 is 24.0 Å². The van der Waals surface area contributed by atoms with Gasteiger partial charge in [0.1, 0.15) is 11.5 Å². The van der Waals surface area contributed by atoms with Gasteiger partial charge in [-0.1, -0.05) is 114 Å². The van der Waals surface area contributed by atoms with E-state index in [0.29, 0.717) is 39.6 Å². The third kappa shape index (κ3) is 11.9. The van der Waals surface area contributed by atoms with E-state index in [9.17, 15) is 14.7 Å². The lowest BCUT2D eigenvalue weighted by molar-refractivity contribution is 0.102. The van der Waals surface area contributed by atoms with Gasteiger partial charge in [0, 0.05) is 34.9 Å². The number of nitrogens with one attached hydrogen (secondary N) is 3. The maximum absolute atomic E-state index is 14.1. The molecule has 4 N–H and O–H groups in total. The number of phenols is 1. The molecule has 0 saturated heterocycles. The number of aromatic hydroxyl groups is 1. The van der Waals surface area contributed by atoms with Crippen LogP contribution < -0.4 is 25.6 Å². The summed E-state index contributed by atoms with van der Waals surface area (Å²) in [6, 6.07) is 23.6. The number of ether oxygens (including phenoxy) is 1. The molecule has 0 aliphatic carbocycles. The van der Waals surface area contributed by atoms with Gasteiger partial charge in [0.05, 0.1) is 24.0 Å². The van der Waals surface area contributed by atoms with E-state index in [1.54, 1.807) is 48.3 Å². The molecule has 0 spiro atoms. The third-order valence-corrected chi connectivity index (χ3v) is 10.1. The molecule has 51 heavy (non-hydrogen) atoms. The summed E-state index contributed by atoms with van der Waals surface area (Å²) in [6.07, 6.45) is 14.7. The molecule has 0 unspecified atom stereocenters. The molecular formula is C41H52N4O4S2. The molecular weight excluding hydrogens is 677 g/mol. The maximum atomic E-state index is 14.1. The van der Waals surface area contributed by atoms with Gasteiger partial charge in [0.15, 0.2) is 5.11 Å². The van der Waals surface area contributed by atoms with Crippen LogP contribution in [-0.2, 0) is 0 Å². The number of benzene rings is 4. The van der Waals surface area contributed by atoms with Gasteiger partial charge in [-0.25, -0.2) is 0 Å². The van der Waals surface area contributed by atoms with Crippen molar-refractivity contribution in [3.8, 4) is 11.5 Å². The number of methoxy groups -OCH3 is 1. The normalized spacial score (nSPS) is 10.9. The molecule has 2 amide bonds. The smallest absolute Gasteiger partial charge is 0.290 e. The minimum absolute atomic E-state index is 0.127. The second-order valence-corrected chi connectivity index (χ2v) is 14.1. The largest absolute Gasteiger partial charge is 0.506 e. The summed E-state index contributed by atoms with van der Waals surface area (Å²) in [6.45, 7) is 2.78. The number of rotatable bonds is 19. The lowest BCUT2D eigenvalue weighted by Crippen LogP contribution is -2.28. The molecule has 272 valence electrons. The number of fused-ring (bicyclic) bond motifs is 1. The van der Waals surface area contributed by atoms with Crippen LogP contribution in [0.5, 0.6) is 11.5 Å². The maximum Gasteiger partial charge on any atom is 0.290 e. The Balaban J connectivity index is 1.50. The quantitative estimate of drug-likeness (QED) is 0.0430. The zero-order valence-corrected chi connectivity index (χ0v) is 31.8. The molecule has 0 fully saturated rings. The van der Waals surface area contributed by atoms with Gasteiger partial charge in [0.2, 0.25) is 0 Å². The van der Waals surface area contributed by atoms with Crippen LogP contribution in [0.1, 0.15) is 94.3 Å². The highest BCUT2D eigenvalue weighted by Gasteiger charge is 2.22. The van der Waals surface area contributed by atoms with Gasteiger partial charge < -0.3 is 30.7 Å². The summed E-state index contributed by atoms with van der Waals surface area (Å²) in [5.74, 6) is -0.0918. The third-order valence-electron chi connectivity index (χ3n) is 8.88. The zero-order valence-electron chi connectivity index (χ0n) is 30.1. The van der Waals surface area contributed by atoms with Crippen molar-refractivity contribution in [1.29, 1.82) is 0 Å². The molecule has 4 aromatic carbocycles. The molecule has 0 atom stereocenters. The number of hydrogen-bond acceptors (Lipinski definition) is 6. The molecule has 0 aromatic heterocycles. The summed E-state index contributed by atoms with van der Waals surface area (Å²) < 4.78 is 5.37. The average Bonchev–Trinajstić information content (AvgIpc) is 3.14. The van der Waals surface area contributed by atoms with Crippen molar-refractivity contribution >= 4 is 68.1 Å². The van der Waals surface area contributed by atoms with Crippen molar-refractivity contribution in [3.05, 3.63) is 84.4 Å². The number of para-hydroxylation sites is 2. The monoisotopic (exact) mass is 728 g/mol. The molecule has 4 aromatic rings. The first-order valence-electron chi connectivity index (χ1n) is 18.1. The fourth-order valence-electron chi connectivity index (χ4n) is 6.09. The Bertz CT molecular complexity index is 1750. The van der Waals surface area contributed by atoms with Gasteiger partial charge in [-0.15, -0.1) is 0 Å². The molecule has 0 aliphatic heterocycles. The summed E-state index contributed by atoms with van der Waals surface area (Å²) in [5, 5.41) is 21.8. The van der Waals surface area contributed by atoms with E-state index < -0.39 is 5.91 Å². The average molecular weight is 729 g/mol. The molecule has 4 rings (SSSR count). The Morgan fingerprint density at radius 2 is 1.45 bits per heavy atom. The lowest BCUT2D eigenvalue weighted by atomic mass is 10.0. The Labute approximate surface area is 312 Å². The minimum atomic E-state index is -0.462. The summed E-state index contributed by atoms with van der Waals surface area (Å²) in [5.41, 5.74) is 2.10. The number of anilines is 3. The number of thiocarbonyl (C=S) groups is 1. The first-order valence-corrected chi connectivity index (χ1v) is 19.4. The number of hydrogen-bond donors (Lipinski definition) is 4. The molecule has 0 heterocycles. The number of thioether (sulfide) groups is 1.